The third-order valence-corrected chi connectivity index (χ3v) is 1.90. The van der Waals surface area contributed by atoms with E-state index in [2.05, 4.69) is 25.6 Å². The monoisotopic (exact) mass is 204 g/mol. The van der Waals surface area contributed by atoms with Crippen LogP contribution in [0.2, 0.25) is 0 Å². The number of nitrogen functional groups attached to an aromatic ring is 1. The van der Waals surface area contributed by atoms with Crippen molar-refractivity contribution >= 4 is 17.8 Å². The molecule has 2 rings (SSSR count). The van der Waals surface area contributed by atoms with E-state index in [0.717, 1.165) is 12.1 Å². The Bertz CT molecular complexity index is 423. The Morgan fingerprint density at radius 1 is 1.27 bits per heavy atom. The first-order valence-corrected chi connectivity index (χ1v) is 4.61. The summed E-state index contributed by atoms with van der Waals surface area (Å²) in [6, 6.07) is 0. The Morgan fingerprint density at radius 2 is 2.07 bits per heavy atom. The third-order valence-electron chi connectivity index (χ3n) is 1.90. The highest BCUT2D eigenvalue weighted by atomic mass is 15.2. The predicted molar refractivity (Wildman–Crippen MR) is 59.2 cm³/mol. The molecule has 1 heterocycles. The van der Waals surface area contributed by atoms with Gasteiger partial charge in [0.2, 0.25) is 17.8 Å². The van der Waals surface area contributed by atoms with Crippen LogP contribution in [-0.2, 0) is 0 Å². The van der Waals surface area contributed by atoms with E-state index in [1.54, 1.807) is 7.05 Å². The van der Waals surface area contributed by atoms with Crippen molar-refractivity contribution in [2.75, 3.05) is 23.4 Å². The van der Waals surface area contributed by atoms with Gasteiger partial charge in [0.05, 0.1) is 0 Å². The molecule has 0 unspecified atom stereocenters. The summed E-state index contributed by atoms with van der Waals surface area (Å²) in [6.45, 7) is 0. The van der Waals surface area contributed by atoms with E-state index in [4.69, 9.17) is 5.73 Å². The van der Waals surface area contributed by atoms with E-state index in [0.29, 0.717) is 11.9 Å². The van der Waals surface area contributed by atoms with Crippen molar-refractivity contribution in [2.45, 2.75) is 6.42 Å². The highest BCUT2D eigenvalue weighted by Crippen LogP contribution is 2.13. The second kappa shape index (κ2) is 3.95. The van der Waals surface area contributed by atoms with Crippen LogP contribution < -0.4 is 16.4 Å². The lowest BCUT2D eigenvalue weighted by molar-refractivity contribution is 1.06. The fourth-order valence-corrected chi connectivity index (χ4v) is 1.24. The molecule has 0 saturated heterocycles. The summed E-state index contributed by atoms with van der Waals surface area (Å²) < 4.78 is 0. The van der Waals surface area contributed by atoms with Gasteiger partial charge in [-0.25, -0.2) is 0 Å². The minimum atomic E-state index is 0.194. The van der Waals surface area contributed by atoms with Crippen LogP contribution in [0.1, 0.15) is 6.42 Å². The number of nitrogens with one attached hydrogen (secondary N) is 2. The molecular formula is C9H12N6. The van der Waals surface area contributed by atoms with Crippen LogP contribution >= 0.6 is 0 Å². The Labute approximate surface area is 87.3 Å². The average molecular weight is 204 g/mol. The van der Waals surface area contributed by atoms with Gasteiger partial charge in [-0.1, -0.05) is 12.2 Å². The molecular weight excluding hydrogens is 192 g/mol. The van der Waals surface area contributed by atoms with Gasteiger partial charge in [-0.05, 0) is 12.5 Å². The number of nitrogens with two attached hydrogens (primary N) is 1. The van der Waals surface area contributed by atoms with Crippen molar-refractivity contribution in [3.05, 3.63) is 23.9 Å². The lowest BCUT2D eigenvalue weighted by atomic mass is 10.4. The van der Waals surface area contributed by atoms with Crippen LogP contribution in [0.15, 0.2) is 23.9 Å². The Morgan fingerprint density at radius 3 is 2.73 bits per heavy atom. The highest BCUT2D eigenvalue weighted by molar-refractivity contribution is 5.47. The standard InChI is InChI=1S/C9H12N6/c1-11-8-13-7(10)14-9(15-8)12-6-4-2-3-5-6/h2,4-5H,3H2,1H3,(H4,10,11,12,13,14,15). The molecule has 0 atom stereocenters. The first-order valence-electron chi connectivity index (χ1n) is 4.61. The largest absolute Gasteiger partial charge is 0.368 e. The van der Waals surface area contributed by atoms with Crippen molar-refractivity contribution < 1.29 is 0 Å². The van der Waals surface area contributed by atoms with Gasteiger partial charge in [0.1, 0.15) is 0 Å². The summed E-state index contributed by atoms with van der Waals surface area (Å²) in [4.78, 5) is 12.0. The molecule has 6 heteroatoms. The van der Waals surface area contributed by atoms with Gasteiger partial charge < -0.3 is 16.4 Å². The second-order valence-electron chi connectivity index (χ2n) is 3.01. The molecule has 15 heavy (non-hydrogen) atoms. The van der Waals surface area contributed by atoms with Crippen LogP contribution in [0.4, 0.5) is 17.8 Å². The van der Waals surface area contributed by atoms with Crippen molar-refractivity contribution in [1.82, 2.24) is 15.0 Å². The van der Waals surface area contributed by atoms with Gasteiger partial charge >= 0.3 is 0 Å². The summed E-state index contributed by atoms with van der Waals surface area (Å²) >= 11 is 0. The van der Waals surface area contributed by atoms with E-state index >= 15 is 0 Å². The molecule has 0 fully saturated rings. The van der Waals surface area contributed by atoms with Crippen molar-refractivity contribution in [1.29, 1.82) is 0 Å². The van der Waals surface area contributed by atoms with E-state index < -0.39 is 0 Å². The van der Waals surface area contributed by atoms with Gasteiger partial charge in [0.15, 0.2) is 0 Å². The second-order valence-corrected chi connectivity index (χ2v) is 3.01. The normalized spacial score (nSPS) is 13.8. The predicted octanol–water partition coefficient (Wildman–Crippen LogP) is 0.751. The van der Waals surface area contributed by atoms with Gasteiger partial charge in [-0.2, -0.15) is 15.0 Å². The topological polar surface area (TPSA) is 88.8 Å². The van der Waals surface area contributed by atoms with Gasteiger partial charge in [0.25, 0.3) is 0 Å². The maximum Gasteiger partial charge on any atom is 0.233 e. The average Bonchev–Trinajstić information content (AvgIpc) is 2.69. The number of hydrogen-bond donors (Lipinski definition) is 3. The van der Waals surface area contributed by atoms with Crippen LogP contribution in [0.3, 0.4) is 0 Å². The Kier molecular flexibility index (Phi) is 2.49. The first-order chi connectivity index (χ1) is 7.28. The SMILES string of the molecule is CNc1nc(N)nc(NC2=CCC=C2)n1. The fourth-order valence-electron chi connectivity index (χ4n) is 1.24. The van der Waals surface area contributed by atoms with Crippen LogP contribution in [0, 0.1) is 0 Å². The smallest absolute Gasteiger partial charge is 0.233 e. The molecule has 0 amide bonds. The van der Waals surface area contributed by atoms with E-state index in [9.17, 15) is 0 Å². The van der Waals surface area contributed by atoms with E-state index in [1.165, 1.54) is 0 Å². The van der Waals surface area contributed by atoms with Gasteiger partial charge in [0, 0.05) is 12.7 Å². The zero-order valence-corrected chi connectivity index (χ0v) is 8.36. The van der Waals surface area contributed by atoms with E-state index in [-0.39, 0.29) is 5.95 Å². The zero-order chi connectivity index (χ0) is 10.7. The molecule has 0 radical (unpaired) electrons. The van der Waals surface area contributed by atoms with Crippen molar-refractivity contribution in [3.8, 4) is 0 Å². The molecule has 1 aromatic heterocycles. The molecule has 78 valence electrons. The number of nitrogens with zero attached hydrogens (tertiary/aromatic N) is 3. The van der Waals surface area contributed by atoms with E-state index in [1.807, 2.05) is 18.2 Å². The first kappa shape index (κ1) is 9.45. The Balaban J connectivity index is 2.20. The number of aromatic nitrogens is 3. The molecule has 1 aliphatic rings. The summed E-state index contributed by atoms with van der Waals surface area (Å²) in [5, 5.41) is 5.86. The molecule has 0 bridgehead atoms. The molecule has 1 aliphatic carbocycles. The summed E-state index contributed by atoms with van der Waals surface area (Å²) in [5.74, 6) is 1.09. The molecule has 0 aromatic carbocycles. The zero-order valence-electron chi connectivity index (χ0n) is 8.36. The maximum atomic E-state index is 5.53. The number of hydrogen-bond acceptors (Lipinski definition) is 6. The lowest BCUT2D eigenvalue weighted by Gasteiger charge is -2.05. The highest BCUT2D eigenvalue weighted by Gasteiger charge is 2.04. The minimum Gasteiger partial charge on any atom is -0.368 e. The fraction of sp³-hybridized carbons (Fsp3) is 0.222. The molecule has 0 aliphatic heterocycles. The van der Waals surface area contributed by atoms with Crippen LogP contribution in [0.25, 0.3) is 0 Å². The number of anilines is 3. The minimum absolute atomic E-state index is 0.194. The van der Waals surface area contributed by atoms with Gasteiger partial charge in [-0.3, -0.25) is 0 Å². The summed E-state index contributed by atoms with van der Waals surface area (Å²) in [6.07, 6.45) is 6.99. The van der Waals surface area contributed by atoms with Crippen molar-refractivity contribution in [3.63, 3.8) is 0 Å². The lowest BCUT2D eigenvalue weighted by Crippen LogP contribution is -2.08. The van der Waals surface area contributed by atoms with Crippen molar-refractivity contribution in [2.24, 2.45) is 0 Å². The molecule has 0 saturated carbocycles. The Hall–Kier alpha value is -2.11. The molecule has 1 aromatic rings. The summed E-state index contributed by atoms with van der Waals surface area (Å²) in [5.41, 5.74) is 6.50. The quantitative estimate of drug-likeness (QED) is 0.673. The molecule has 6 nitrogen and oxygen atoms in total. The molecule has 0 spiro atoms. The van der Waals surface area contributed by atoms with Gasteiger partial charge in [-0.15, -0.1) is 0 Å². The summed E-state index contributed by atoms with van der Waals surface area (Å²) in [7, 11) is 1.73. The van der Waals surface area contributed by atoms with Crippen LogP contribution in [-0.4, -0.2) is 22.0 Å². The third kappa shape index (κ3) is 2.22. The molecule has 4 N–H and O–H groups in total. The van der Waals surface area contributed by atoms with Crippen LogP contribution in [0.5, 0.6) is 0 Å². The number of rotatable bonds is 3. The number of allylic oxidation sites excluding steroid dienone is 3. The maximum absolute atomic E-state index is 5.53.